The number of primary amides is 2. The number of nitrogens with zero attached hydrogens (tertiary/aromatic N) is 1. The summed E-state index contributed by atoms with van der Waals surface area (Å²) in [4.78, 5) is 37.9. The minimum Gasteiger partial charge on any atom is -0.368 e. The van der Waals surface area contributed by atoms with Crippen LogP contribution in [0.25, 0.3) is 0 Å². The molecule has 3 aliphatic rings. The summed E-state index contributed by atoms with van der Waals surface area (Å²) in [7, 11) is 0. The second-order valence-corrected chi connectivity index (χ2v) is 6.79. The number of amides is 3. The van der Waals surface area contributed by atoms with Crippen molar-refractivity contribution >= 4 is 17.7 Å². The van der Waals surface area contributed by atoms with Crippen molar-refractivity contribution < 1.29 is 14.4 Å². The average molecular weight is 324 g/mol. The van der Waals surface area contributed by atoms with Gasteiger partial charge in [-0.05, 0) is 44.9 Å². The lowest BCUT2D eigenvalue weighted by Gasteiger charge is -2.50. The van der Waals surface area contributed by atoms with Gasteiger partial charge in [0.1, 0.15) is 6.04 Å². The number of nitrogens with two attached hydrogens (primary N) is 2. The maximum Gasteiger partial charge on any atom is 0.240 e. The second-order valence-electron chi connectivity index (χ2n) is 6.79. The van der Waals surface area contributed by atoms with Crippen molar-refractivity contribution in [1.82, 2.24) is 10.2 Å². The molecule has 3 amide bonds. The quantitative estimate of drug-likeness (QED) is 0.604. The highest BCUT2D eigenvalue weighted by Gasteiger charge is 2.47. The molecule has 0 aromatic rings. The average Bonchev–Trinajstić information content (AvgIpc) is 2.53. The van der Waals surface area contributed by atoms with Gasteiger partial charge in [0.15, 0.2) is 0 Å². The van der Waals surface area contributed by atoms with Crippen LogP contribution in [-0.2, 0) is 14.4 Å². The topological polar surface area (TPSA) is 119 Å². The minimum absolute atomic E-state index is 0.0763. The van der Waals surface area contributed by atoms with E-state index in [1.165, 1.54) is 0 Å². The summed E-state index contributed by atoms with van der Waals surface area (Å²) in [6.45, 7) is 3.67. The number of nitrogens with one attached hydrogen (secondary N) is 1. The molecule has 3 fully saturated rings. The van der Waals surface area contributed by atoms with Crippen LogP contribution in [0, 0.1) is 5.92 Å². The first-order valence-electron chi connectivity index (χ1n) is 8.53. The molecular weight excluding hydrogens is 296 g/mol. The van der Waals surface area contributed by atoms with Gasteiger partial charge in [-0.1, -0.05) is 13.3 Å². The molecule has 1 aliphatic carbocycles. The molecule has 23 heavy (non-hydrogen) atoms. The zero-order chi connectivity index (χ0) is 17.1. The van der Waals surface area contributed by atoms with E-state index in [1.807, 2.05) is 6.92 Å². The Morgan fingerprint density at radius 3 is 2.26 bits per heavy atom. The highest BCUT2D eigenvalue weighted by atomic mass is 16.2. The molecule has 7 heteroatoms. The number of piperidine rings is 2. The Morgan fingerprint density at radius 1 is 1.17 bits per heavy atom. The molecule has 2 aliphatic heterocycles. The lowest BCUT2D eigenvalue weighted by molar-refractivity contribution is -0.153. The molecule has 130 valence electrons. The van der Waals surface area contributed by atoms with E-state index in [2.05, 4.69) is 5.32 Å². The predicted octanol–water partition coefficient (Wildman–Crippen LogP) is -0.127. The molecule has 1 saturated carbocycles. The second kappa shape index (κ2) is 7.29. The van der Waals surface area contributed by atoms with Crippen LogP contribution in [0.5, 0.6) is 0 Å². The van der Waals surface area contributed by atoms with Gasteiger partial charge in [-0.25, -0.2) is 0 Å². The number of carbonyl (C=O) groups excluding carboxylic acids is 3. The van der Waals surface area contributed by atoms with Crippen LogP contribution < -0.4 is 16.8 Å². The summed E-state index contributed by atoms with van der Waals surface area (Å²) in [5.41, 5.74) is 10.9. The molecule has 0 radical (unpaired) electrons. The van der Waals surface area contributed by atoms with Gasteiger partial charge in [-0.15, -0.1) is 0 Å². The highest BCUT2D eigenvalue weighted by molar-refractivity contribution is 5.90. The Morgan fingerprint density at radius 2 is 1.78 bits per heavy atom. The van der Waals surface area contributed by atoms with Gasteiger partial charge in [0.25, 0.3) is 0 Å². The largest absolute Gasteiger partial charge is 0.368 e. The van der Waals surface area contributed by atoms with Gasteiger partial charge in [0.2, 0.25) is 17.7 Å². The van der Waals surface area contributed by atoms with Crippen LogP contribution in [0.2, 0.25) is 0 Å². The van der Waals surface area contributed by atoms with E-state index >= 15 is 0 Å². The number of fused-ring (bicyclic) bond motifs is 3. The monoisotopic (exact) mass is 324 g/mol. The number of rotatable bonds is 7. The molecule has 2 heterocycles. The van der Waals surface area contributed by atoms with E-state index < -0.39 is 29.9 Å². The fourth-order valence-electron chi connectivity index (χ4n) is 4.03. The van der Waals surface area contributed by atoms with Crippen LogP contribution in [0.4, 0.5) is 0 Å². The number of hydrogen-bond acceptors (Lipinski definition) is 4. The third-order valence-corrected chi connectivity index (χ3v) is 5.17. The molecule has 2 bridgehead atoms. The summed E-state index contributed by atoms with van der Waals surface area (Å²) >= 11 is 0. The molecule has 0 spiro atoms. The minimum atomic E-state index is -0.569. The van der Waals surface area contributed by atoms with Crippen molar-refractivity contribution in [2.24, 2.45) is 17.4 Å². The van der Waals surface area contributed by atoms with Crippen LogP contribution in [0.1, 0.15) is 52.4 Å². The summed E-state index contributed by atoms with van der Waals surface area (Å²) < 4.78 is 0. The van der Waals surface area contributed by atoms with Gasteiger partial charge >= 0.3 is 0 Å². The maximum atomic E-state index is 12.9. The van der Waals surface area contributed by atoms with Gasteiger partial charge in [-0.2, -0.15) is 0 Å². The molecule has 0 aromatic heterocycles. The Hall–Kier alpha value is -1.63. The smallest absolute Gasteiger partial charge is 0.240 e. The first kappa shape index (κ1) is 17.7. The first-order valence-corrected chi connectivity index (χ1v) is 8.53. The molecule has 3 rings (SSSR count). The van der Waals surface area contributed by atoms with E-state index in [-0.39, 0.29) is 17.9 Å². The van der Waals surface area contributed by atoms with Crippen molar-refractivity contribution in [3.05, 3.63) is 0 Å². The van der Waals surface area contributed by atoms with E-state index in [0.717, 1.165) is 32.1 Å². The summed E-state index contributed by atoms with van der Waals surface area (Å²) in [5, 5.41) is 3.02. The Labute approximate surface area is 137 Å². The molecule has 0 aromatic carbocycles. The molecule has 3 unspecified atom stereocenters. The zero-order valence-corrected chi connectivity index (χ0v) is 14.0. The summed E-state index contributed by atoms with van der Waals surface area (Å²) in [5.74, 6) is -0.889. The first-order chi connectivity index (χ1) is 10.9. The van der Waals surface area contributed by atoms with Gasteiger partial charge in [0, 0.05) is 6.04 Å². The van der Waals surface area contributed by atoms with E-state index in [4.69, 9.17) is 11.5 Å². The van der Waals surface area contributed by atoms with Crippen molar-refractivity contribution in [3.8, 4) is 0 Å². The highest BCUT2D eigenvalue weighted by Crippen LogP contribution is 2.39. The van der Waals surface area contributed by atoms with Crippen molar-refractivity contribution in [1.29, 1.82) is 0 Å². The number of hydrogen-bond donors (Lipinski definition) is 3. The predicted molar refractivity (Wildman–Crippen MR) is 86.1 cm³/mol. The normalized spacial score (nSPS) is 29.1. The van der Waals surface area contributed by atoms with Crippen LogP contribution in [0.3, 0.4) is 0 Å². The van der Waals surface area contributed by atoms with Crippen LogP contribution >= 0.6 is 0 Å². The SMILES string of the molecule is CCCC(NC(C)C(=O)N1C2CCC(CC2)C1C(N)=O)C(N)=O. The number of carbonyl (C=O) groups is 3. The third kappa shape index (κ3) is 3.65. The fraction of sp³-hybridized carbons (Fsp3) is 0.812. The lowest BCUT2D eigenvalue weighted by Crippen LogP contribution is -2.65. The molecule has 5 N–H and O–H groups in total. The van der Waals surface area contributed by atoms with Crippen LogP contribution in [-0.4, -0.2) is 46.8 Å². The van der Waals surface area contributed by atoms with E-state index in [1.54, 1.807) is 11.8 Å². The molecule has 2 saturated heterocycles. The van der Waals surface area contributed by atoms with Crippen molar-refractivity contribution in [2.75, 3.05) is 0 Å². The van der Waals surface area contributed by atoms with Crippen LogP contribution in [0.15, 0.2) is 0 Å². The molecular formula is C16H28N4O3. The van der Waals surface area contributed by atoms with E-state index in [0.29, 0.717) is 6.42 Å². The van der Waals surface area contributed by atoms with E-state index in [9.17, 15) is 14.4 Å². The standard InChI is InChI=1S/C16H28N4O3/c1-3-4-12(14(17)21)19-9(2)16(23)20-11-7-5-10(6-8-11)13(20)15(18)22/h9-13,19H,3-8H2,1-2H3,(H2,17,21)(H2,18,22). The summed E-state index contributed by atoms with van der Waals surface area (Å²) in [6, 6.07) is -1.54. The maximum absolute atomic E-state index is 12.9. The van der Waals surface area contributed by atoms with Crippen molar-refractivity contribution in [3.63, 3.8) is 0 Å². The van der Waals surface area contributed by atoms with Gasteiger partial charge in [0.05, 0.1) is 12.1 Å². The molecule has 7 nitrogen and oxygen atoms in total. The van der Waals surface area contributed by atoms with Gasteiger partial charge < -0.3 is 16.4 Å². The third-order valence-electron chi connectivity index (χ3n) is 5.17. The van der Waals surface area contributed by atoms with Gasteiger partial charge in [-0.3, -0.25) is 19.7 Å². The van der Waals surface area contributed by atoms with Crippen molar-refractivity contribution in [2.45, 2.75) is 76.5 Å². The Bertz CT molecular complexity index is 474. The zero-order valence-electron chi connectivity index (χ0n) is 14.0. The fourth-order valence-corrected chi connectivity index (χ4v) is 4.03. The lowest BCUT2D eigenvalue weighted by atomic mass is 9.74. The Kier molecular flexibility index (Phi) is 5.62. The molecule has 3 atom stereocenters. The Balaban J connectivity index is 2.10. The summed E-state index contributed by atoms with van der Waals surface area (Å²) in [6.07, 6.45) is 5.10.